The van der Waals surface area contributed by atoms with Crippen LogP contribution in [0, 0.1) is 0 Å². The lowest BCUT2D eigenvalue weighted by atomic mass is 10.1. The number of aryl methyl sites for hydroxylation is 1. The zero-order valence-corrected chi connectivity index (χ0v) is 19.5. The number of anilines is 2. The van der Waals surface area contributed by atoms with E-state index in [1.165, 1.54) is 10.4 Å². The quantitative estimate of drug-likeness (QED) is 0.512. The lowest BCUT2D eigenvalue weighted by Crippen LogP contribution is -2.35. The van der Waals surface area contributed by atoms with E-state index in [0.717, 1.165) is 19.3 Å². The van der Waals surface area contributed by atoms with Crippen LogP contribution in [0.25, 0.3) is 0 Å². The second-order valence-electron chi connectivity index (χ2n) is 8.13. The second-order valence-corrected chi connectivity index (χ2v) is 10.1. The van der Waals surface area contributed by atoms with Crippen LogP contribution in [0.15, 0.2) is 72.1 Å². The fraction of sp³-hybridized carbons (Fsp3) is 0.292. The van der Waals surface area contributed by atoms with Gasteiger partial charge >= 0.3 is 0 Å². The lowest BCUT2D eigenvalue weighted by molar-refractivity contribution is -0.116. The molecule has 0 unspecified atom stereocenters. The third-order valence-electron chi connectivity index (χ3n) is 5.61. The number of rotatable bonds is 8. The summed E-state index contributed by atoms with van der Waals surface area (Å²) in [6, 6.07) is 12.9. The molecule has 3 aromatic rings. The Balaban J connectivity index is 1.40. The van der Waals surface area contributed by atoms with E-state index >= 15 is 0 Å². The van der Waals surface area contributed by atoms with Crippen molar-refractivity contribution in [2.24, 2.45) is 0 Å². The summed E-state index contributed by atoms with van der Waals surface area (Å²) in [6.07, 6.45) is 8.09. The number of hydrogen-bond donors (Lipinski definition) is 2. The van der Waals surface area contributed by atoms with E-state index in [4.69, 9.17) is 0 Å². The minimum absolute atomic E-state index is 0.158. The van der Waals surface area contributed by atoms with Crippen molar-refractivity contribution in [2.45, 2.75) is 37.1 Å². The van der Waals surface area contributed by atoms with E-state index in [1.807, 2.05) is 4.57 Å². The van der Waals surface area contributed by atoms with Crippen molar-refractivity contribution in [2.75, 3.05) is 23.7 Å². The third kappa shape index (κ3) is 5.89. The van der Waals surface area contributed by atoms with Gasteiger partial charge in [0.15, 0.2) is 0 Å². The number of sulfonamides is 1. The summed E-state index contributed by atoms with van der Waals surface area (Å²) in [5.41, 5.74) is 1.24. The predicted octanol–water partition coefficient (Wildman–Crippen LogP) is 3.34. The van der Waals surface area contributed by atoms with Gasteiger partial charge in [-0.3, -0.25) is 9.59 Å². The molecule has 0 saturated carbocycles. The van der Waals surface area contributed by atoms with Crippen LogP contribution in [0.4, 0.5) is 11.4 Å². The Hall–Kier alpha value is -3.50. The van der Waals surface area contributed by atoms with E-state index in [9.17, 15) is 18.0 Å². The van der Waals surface area contributed by atoms with Gasteiger partial charge in [-0.1, -0.05) is 18.6 Å². The molecule has 1 fully saturated rings. The normalized spacial score (nSPS) is 14.5. The van der Waals surface area contributed by atoms with Crippen molar-refractivity contribution in [3.05, 3.63) is 72.8 Å². The third-order valence-corrected chi connectivity index (χ3v) is 7.50. The molecule has 1 aliphatic rings. The standard InChI is InChI=1S/C24H27N5O4S/c30-23(10-14-28-15-11-25-18-28)26-20-7-4-6-19(16-20)24(31)27-21-8-5-9-22(17-21)34(32,33)29-12-2-1-3-13-29/h4-9,11,15-18H,1-3,10,12-14H2,(H,26,30)(H,27,31). The van der Waals surface area contributed by atoms with Gasteiger partial charge in [0, 0.05) is 55.4 Å². The summed E-state index contributed by atoms with van der Waals surface area (Å²) in [6.45, 7) is 1.53. The summed E-state index contributed by atoms with van der Waals surface area (Å²) in [7, 11) is -3.60. The smallest absolute Gasteiger partial charge is 0.255 e. The summed E-state index contributed by atoms with van der Waals surface area (Å²) >= 11 is 0. The summed E-state index contributed by atoms with van der Waals surface area (Å²) < 4.78 is 29.2. The Morgan fingerprint density at radius 3 is 2.41 bits per heavy atom. The van der Waals surface area contributed by atoms with Gasteiger partial charge in [-0.25, -0.2) is 13.4 Å². The van der Waals surface area contributed by atoms with E-state index in [2.05, 4.69) is 15.6 Å². The van der Waals surface area contributed by atoms with Gasteiger partial charge in [-0.2, -0.15) is 4.31 Å². The SMILES string of the molecule is O=C(CCn1ccnc1)Nc1cccc(C(=O)Nc2cccc(S(=O)(=O)N3CCCCC3)c2)c1. The highest BCUT2D eigenvalue weighted by Crippen LogP contribution is 2.23. The van der Waals surface area contributed by atoms with Gasteiger partial charge in [-0.15, -0.1) is 0 Å². The number of aromatic nitrogens is 2. The average molecular weight is 482 g/mol. The van der Waals surface area contributed by atoms with Crippen LogP contribution in [0.5, 0.6) is 0 Å². The molecular formula is C24H27N5O4S. The van der Waals surface area contributed by atoms with Crippen LogP contribution in [0.2, 0.25) is 0 Å². The topological polar surface area (TPSA) is 113 Å². The molecule has 0 radical (unpaired) electrons. The number of piperidine rings is 1. The molecule has 2 heterocycles. The van der Waals surface area contributed by atoms with E-state index in [-0.39, 0.29) is 17.2 Å². The molecule has 1 aliphatic heterocycles. The molecule has 0 atom stereocenters. The molecule has 178 valence electrons. The van der Waals surface area contributed by atoms with Gasteiger partial charge < -0.3 is 15.2 Å². The first-order valence-corrected chi connectivity index (χ1v) is 12.6. The fourth-order valence-electron chi connectivity index (χ4n) is 3.80. The van der Waals surface area contributed by atoms with Gasteiger partial charge in [0.1, 0.15) is 0 Å². The Labute approximate surface area is 198 Å². The Bertz CT molecular complexity index is 1250. The van der Waals surface area contributed by atoms with Crippen molar-refractivity contribution < 1.29 is 18.0 Å². The maximum atomic E-state index is 12.9. The van der Waals surface area contributed by atoms with Crippen LogP contribution >= 0.6 is 0 Å². The molecule has 4 rings (SSSR count). The molecule has 0 bridgehead atoms. The first kappa shape index (κ1) is 23.7. The summed E-state index contributed by atoms with van der Waals surface area (Å²) in [5, 5.41) is 5.54. The van der Waals surface area contributed by atoms with Crippen molar-refractivity contribution >= 4 is 33.2 Å². The maximum absolute atomic E-state index is 12.9. The van der Waals surface area contributed by atoms with E-state index in [0.29, 0.717) is 36.6 Å². The van der Waals surface area contributed by atoms with Crippen LogP contribution in [0.1, 0.15) is 36.0 Å². The van der Waals surface area contributed by atoms with Gasteiger partial charge in [0.05, 0.1) is 11.2 Å². The minimum Gasteiger partial charge on any atom is -0.337 e. The number of nitrogens with one attached hydrogen (secondary N) is 2. The van der Waals surface area contributed by atoms with Gasteiger partial charge in [0.2, 0.25) is 15.9 Å². The van der Waals surface area contributed by atoms with Crippen molar-refractivity contribution in [1.29, 1.82) is 0 Å². The van der Waals surface area contributed by atoms with Crippen molar-refractivity contribution in [1.82, 2.24) is 13.9 Å². The Kier molecular flexibility index (Phi) is 7.39. The zero-order valence-electron chi connectivity index (χ0n) is 18.7. The second kappa shape index (κ2) is 10.6. The van der Waals surface area contributed by atoms with Crippen LogP contribution in [0.3, 0.4) is 0 Å². The molecule has 0 spiro atoms. The van der Waals surface area contributed by atoms with Crippen LogP contribution in [-0.2, 0) is 21.4 Å². The largest absolute Gasteiger partial charge is 0.337 e. The maximum Gasteiger partial charge on any atom is 0.255 e. The van der Waals surface area contributed by atoms with Gasteiger partial charge in [-0.05, 0) is 49.2 Å². The average Bonchev–Trinajstić information content (AvgIpc) is 3.37. The predicted molar refractivity (Wildman–Crippen MR) is 129 cm³/mol. The fourth-order valence-corrected chi connectivity index (χ4v) is 5.37. The lowest BCUT2D eigenvalue weighted by Gasteiger charge is -2.26. The monoisotopic (exact) mass is 481 g/mol. The molecule has 9 nitrogen and oxygen atoms in total. The molecular weight excluding hydrogens is 454 g/mol. The molecule has 1 aromatic heterocycles. The first-order chi connectivity index (χ1) is 16.4. The highest BCUT2D eigenvalue weighted by atomic mass is 32.2. The zero-order chi connectivity index (χ0) is 24.0. The summed E-state index contributed by atoms with van der Waals surface area (Å²) in [4.78, 5) is 29.1. The number of imidazole rings is 1. The van der Waals surface area contributed by atoms with E-state index in [1.54, 1.807) is 61.2 Å². The molecule has 2 N–H and O–H groups in total. The molecule has 10 heteroatoms. The van der Waals surface area contributed by atoms with Crippen LogP contribution in [-0.4, -0.2) is 47.2 Å². The van der Waals surface area contributed by atoms with Gasteiger partial charge in [0.25, 0.3) is 5.91 Å². The van der Waals surface area contributed by atoms with E-state index < -0.39 is 15.9 Å². The molecule has 1 saturated heterocycles. The number of carbonyl (C=O) groups is 2. The number of carbonyl (C=O) groups excluding carboxylic acids is 2. The number of hydrogen-bond acceptors (Lipinski definition) is 5. The van der Waals surface area contributed by atoms with Crippen molar-refractivity contribution in [3.63, 3.8) is 0 Å². The highest BCUT2D eigenvalue weighted by molar-refractivity contribution is 7.89. The summed E-state index contributed by atoms with van der Waals surface area (Å²) in [5.74, 6) is -0.580. The minimum atomic E-state index is -3.60. The van der Waals surface area contributed by atoms with Crippen LogP contribution < -0.4 is 10.6 Å². The van der Waals surface area contributed by atoms with Crippen molar-refractivity contribution in [3.8, 4) is 0 Å². The number of benzene rings is 2. The molecule has 2 amide bonds. The Morgan fingerprint density at radius 2 is 1.68 bits per heavy atom. The Morgan fingerprint density at radius 1 is 0.941 bits per heavy atom. The first-order valence-electron chi connectivity index (χ1n) is 11.2. The molecule has 0 aliphatic carbocycles. The molecule has 34 heavy (non-hydrogen) atoms. The number of nitrogens with zero attached hydrogens (tertiary/aromatic N) is 3. The number of amides is 2. The molecule has 2 aromatic carbocycles. The highest BCUT2D eigenvalue weighted by Gasteiger charge is 2.26.